The maximum absolute atomic E-state index is 12.3. The zero-order valence-corrected chi connectivity index (χ0v) is 14.9. The van der Waals surface area contributed by atoms with E-state index in [2.05, 4.69) is 9.97 Å². The maximum Gasteiger partial charge on any atom is 0.160 e. The second-order valence-corrected chi connectivity index (χ2v) is 6.57. The molecule has 0 spiro atoms. The number of aromatic nitrogens is 2. The van der Waals surface area contributed by atoms with Gasteiger partial charge in [0.2, 0.25) is 0 Å². The van der Waals surface area contributed by atoms with Gasteiger partial charge in [0, 0.05) is 34.8 Å². The molecule has 0 aliphatic carbocycles. The van der Waals surface area contributed by atoms with E-state index < -0.39 is 0 Å². The SMILES string of the molecule is COc1ccccc1/C=C/C(=O)Cc1sc(-c2ccncc2)nc1C. The number of hydrogen-bond donors (Lipinski definition) is 0. The van der Waals surface area contributed by atoms with Crippen LogP contribution in [0.15, 0.2) is 54.9 Å². The lowest BCUT2D eigenvalue weighted by atomic mass is 10.1. The number of thiazole rings is 1. The van der Waals surface area contributed by atoms with Gasteiger partial charge in [-0.25, -0.2) is 4.98 Å². The summed E-state index contributed by atoms with van der Waals surface area (Å²) in [5, 5.41) is 0.913. The first kappa shape index (κ1) is 17.0. The minimum Gasteiger partial charge on any atom is -0.496 e. The van der Waals surface area contributed by atoms with E-state index in [1.165, 1.54) is 0 Å². The Morgan fingerprint density at radius 3 is 2.72 bits per heavy atom. The van der Waals surface area contributed by atoms with Crippen LogP contribution >= 0.6 is 11.3 Å². The van der Waals surface area contributed by atoms with Crippen LogP contribution in [0, 0.1) is 6.92 Å². The minimum absolute atomic E-state index is 0.0407. The normalized spacial score (nSPS) is 11.0. The molecule has 5 heteroatoms. The highest BCUT2D eigenvalue weighted by molar-refractivity contribution is 7.15. The summed E-state index contributed by atoms with van der Waals surface area (Å²) < 4.78 is 5.29. The Kier molecular flexibility index (Phi) is 5.36. The fourth-order valence-electron chi connectivity index (χ4n) is 2.41. The summed E-state index contributed by atoms with van der Waals surface area (Å²) >= 11 is 1.55. The van der Waals surface area contributed by atoms with Gasteiger partial charge in [0.25, 0.3) is 0 Å². The number of aryl methyl sites for hydroxylation is 1. The molecule has 126 valence electrons. The lowest BCUT2D eigenvalue weighted by Gasteiger charge is -2.03. The van der Waals surface area contributed by atoms with Crippen LogP contribution in [0.4, 0.5) is 0 Å². The van der Waals surface area contributed by atoms with Crippen molar-refractivity contribution < 1.29 is 9.53 Å². The molecule has 0 saturated carbocycles. The largest absolute Gasteiger partial charge is 0.496 e. The van der Waals surface area contributed by atoms with Crippen LogP contribution in [-0.2, 0) is 11.2 Å². The highest BCUT2D eigenvalue weighted by atomic mass is 32.1. The molecule has 0 unspecified atom stereocenters. The van der Waals surface area contributed by atoms with Crippen molar-refractivity contribution in [3.05, 3.63) is 71.0 Å². The number of carbonyl (C=O) groups is 1. The van der Waals surface area contributed by atoms with E-state index in [0.29, 0.717) is 6.42 Å². The molecular weight excluding hydrogens is 332 g/mol. The first-order valence-corrected chi connectivity index (χ1v) is 8.69. The van der Waals surface area contributed by atoms with E-state index in [-0.39, 0.29) is 5.78 Å². The monoisotopic (exact) mass is 350 g/mol. The van der Waals surface area contributed by atoms with Gasteiger partial charge in [-0.05, 0) is 37.3 Å². The summed E-state index contributed by atoms with van der Waals surface area (Å²) in [5.74, 6) is 0.791. The third kappa shape index (κ3) is 4.19. The molecule has 0 atom stereocenters. The second-order valence-electron chi connectivity index (χ2n) is 5.48. The molecule has 0 aliphatic heterocycles. The molecule has 25 heavy (non-hydrogen) atoms. The van der Waals surface area contributed by atoms with Crippen LogP contribution in [0.2, 0.25) is 0 Å². The predicted octanol–water partition coefficient (Wildman–Crippen LogP) is 4.35. The summed E-state index contributed by atoms with van der Waals surface area (Å²) in [6.07, 6.45) is 7.23. The number of rotatable bonds is 6. The number of ether oxygens (including phenoxy) is 1. The molecule has 0 bridgehead atoms. The van der Waals surface area contributed by atoms with Crippen molar-refractivity contribution in [3.8, 4) is 16.3 Å². The summed E-state index contributed by atoms with van der Waals surface area (Å²) in [6.45, 7) is 1.94. The first-order valence-electron chi connectivity index (χ1n) is 7.88. The van der Waals surface area contributed by atoms with E-state index in [1.807, 2.05) is 43.3 Å². The number of hydrogen-bond acceptors (Lipinski definition) is 5. The Morgan fingerprint density at radius 2 is 1.96 bits per heavy atom. The Hall–Kier alpha value is -2.79. The number of carbonyl (C=O) groups excluding carboxylic acids is 1. The molecule has 2 aromatic heterocycles. The van der Waals surface area contributed by atoms with Crippen molar-refractivity contribution in [2.75, 3.05) is 7.11 Å². The molecule has 3 aromatic rings. The van der Waals surface area contributed by atoms with Crippen LogP contribution in [0.1, 0.15) is 16.1 Å². The van der Waals surface area contributed by atoms with Gasteiger partial charge in [-0.1, -0.05) is 18.2 Å². The zero-order chi connectivity index (χ0) is 17.6. The third-order valence-corrected chi connectivity index (χ3v) is 4.95. The standard InChI is InChI=1S/C20H18N2O2S/c1-14-19(25-20(22-14)16-9-11-21-12-10-16)13-17(23)8-7-15-5-3-4-6-18(15)24-2/h3-12H,13H2,1-2H3/b8-7+. The molecule has 3 rings (SSSR count). The van der Waals surface area contributed by atoms with E-state index in [4.69, 9.17) is 4.74 Å². The molecule has 0 amide bonds. The van der Waals surface area contributed by atoms with Crippen LogP contribution in [-0.4, -0.2) is 22.9 Å². The lowest BCUT2D eigenvalue weighted by molar-refractivity contribution is -0.113. The number of pyridine rings is 1. The third-order valence-electron chi connectivity index (χ3n) is 3.74. The number of para-hydroxylation sites is 1. The lowest BCUT2D eigenvalue weighted by Crippen LogP contribution is -1.98. The van der Waals surface area contributed by atoms with Crippen molar-refractivity contribution in [1.29, 1.82) is 0 Å². The van der Waals surface area contributed by atoms with Crippen LogP contribution in [0.5, 0.6) is 5.75 Å². The highest BCUT2D eigenvalue weighted by Gasteiger charge is 2.12. The molecule has 0 radical (unpaired) electrons. The quantitative estimate of drug-likeness (QED) is 0.620. The van der Waals surface area contributed by atoms with Crippen molar-refractivity contribution in [1.82, 2.24) is 9.97 Å². The topological polar surface area (TPSA) is 52.1 Å². The van der Waals surface area contributed by atoms with Gasteiger partial charge in [0.15, 0.2) is 5.78 Å². The molecule has 0 N–H and O–H groups in total. The molecule has 4 nitrogen and oxygen atoms in total. The fraction of sp³-hybridized carbons (Fsp3) is 0.150. The van der Waals surface area contributed by atoms with Crippen molar-refractivity contribution in [2.45, 2.75) is 13.3 Å². The second kappa shape index (κ2) is 7.85. The molecular formula is C20H18N2O2S. The van der Waals surface area contributed by atoms with Crippen LogP contribution in [0.25, 0.3) is 16.6 Å². The number of ketones is 1. The van der Waals surface area contributed by atoms with E-state index in [1.54, 1.807) is 43.0 Å². The molecule has 0 saturated heterocycles. The Balaban J connectivity index is 1.73. The van der Waals surface area contributed by atoms with Crippen molar-refractivity contribution >= 4 is 23.2 Å². The number of allylic oxidation sites excluding steroid dienone is 1. The average molecular weight is 350 g/mol. The van der Waals surface area contributed by atoms with Crippen molar-refractivity contribution in [2.24, 2.45) is 0 Å². The van der Waals surface area contributed by atoms with Crippen LogP contribution < -0.4 is 4.74 Å². The van der Waals surface area contributed by atoms with Gasteiger partial charge in [-0.2, -0.15) is 0 Å². The minimum atomic E-state index is 0.0407. The van der Waals surface area contributed by atoms with E-state index >= 15 is 0 Å². The number of methoxy groups -OCH3 is 1. The first-order chi connectivity index (χ1) is 12.2. The number of nitrogens with zero attached hydrogens (tertiary/aromatic N) is 2. The maximum atomic E-state index is 12.3. The fourth-order valence-corrected chi connectivity index (χ4v) is 3.49. The van der Waals surface area contributed by atoms with Crippen molar-refractivity contribution in [3.63, 3.8) is 0 Å². The van der Waals surface area contributed by atoms with Gasteiger partial charge < -0.3 is 4.74 Å². The van der Waals surface area contributed by atoms with Gasteiger partial charge in [0.05, 0.1) is 12.8 Å². The Bertz CT molecular complexity index is 901. The summed E-state index contributed by atoms with van der Waals surface area (Å²) in [4.78, 5) is 21.9. The Morgan fingerprint density at radius 1 is 1.20 bits per heavy atom. The van der Waals surface area contributed by atoms with Gasteiger partial charge in [-0.15, -0.1) is 11.3 Å². The molecule has 0 aliphatic rings. The van der Waals surface area contributed by atoms with Gasteiger partial charge in [0.1, 0.15) is 10.8 Å². The molecule has 0 fully saturated rings. The highest BCUT2D eigenvalue weighted by Crippen LogP contribution is 2.28. The Labute approximate surface area is 150 Å². The smallest absolute Gasteiger partial charge is 0.160 e. The molecule has 1 aromatic carbocycles. The van der Waals surface area contributed by atoms with Crippen LogP contribution in [0.3, 0.4) is 0 Å². The summed E-state index contributed by atoms with van der Waals surface area (Å²) in [7, 11) is 1.62. The average Bonchev–Trinajstić information content (AvgIpc) is 3.01. The van der Waals surface area contributed by atoms with Gasteiger partial charge in [-0.3, -0.25) is 9.78 Å². The zero-order valence-electron chi connectivity index (χ0n) is 14.1. The van der Waals surface area contributed by atoms with Gasteiger partial charge >= 0.3 is 0 Å². The number of benzene rings is 1. The molecule has 2 heterocycles. The summed E-state index contributed by atoms with van der Waals surface area (Å²) in [6, 6.07) is 11.5. The van der Waals surface area contributed by atoms with E-state index in [0.717, 1.165) is 32.5 Å². The summed E-state index contributed by atoms with van der Waals surface area (Å²) in [5.41, 5.74) is 2.80. The predicted molar refractivity (Wildman–Crippen MR) is 101 cm³/mol. The van der Waals surface area contributed by atoms with E-state index in [9.17, 15) is 4.79 Å².